The van der Waals surface area contributed by atoms with Gasteiger partial charge in [-0.2, -0.15) is 4.98 Å². The fourth-order valence-electron chi connectivity index (χ4n) is 2.62. The van der Waals surface area contributed by atoms with Crippen LogP contribution in [0.15, 0.2) is 24.7 Å². The highest BCUT2D eigenvalue weighted by molar-refractivity contribution is 5.93. The van der Waals surface area contributed by atoms with Crippen molar-refractivity contribution in [1.82, 2.24) is 24.8 Å². The molecule has 0 spiro atoms. The first-order valence-corrected chi connectivity index (χ1v) is 7.87. The fraction of sp³-hybridized carbons (Fsp3) is 0.400. The molecular formula is C15H20N8O2. The number of nitrogen functional groups attached to an aromatic ring is 1. The second-order valence-electron chi connectivity index (χ2n) is 5.68. The van der Waals surface area contributed by atoms with E-state index in [1.807, 2.05) is 4.90 Å². The van der Waals surface area contributed by atoms with Gasteiger partial charge in [0, 0.05) is 51.8 Å². The lowest BCUT2D eigenvalue weighted by molar-refractivity contribution is 0.0673. The van der Waals surface area contributed by atoms with E-state index < -0.39 is 6.10 Å². The van der Waals surface area contributed by atoms with Crippen LogP contribution < -0.4 is 16.0 Å². The number of β-amino-alcohol motifs (C(OH)–C–C–N with tert-alkyl or cyclic N) is 1. The van der Waals surface area contributed by atoms with Gasteiger partial charge in [-0.25, -0.2) is 15.0 Å². The molecule has 10 nitrogen and oxygen atoms in total. The van der Waals surface area contributed by atoms with Gasteiger partial charge in [0.2, 0.25) is 11.9 Å². The van der Waals surface area contributed by atoms with E-state index >= 15 is 0 Å². The van der Waals surface area contributed by atoms with E-state index in [4.69, 9.17) is 5.73 Å². The number of nitrogens with one attached hydrogen (secondary N) is 1. The van der Waals surface area contributed by atoms with Crippen LogP contribution in [0.2, 0.25) is 0 Å². The van der Waals surface area contributed by atoms with Crippen LogP contribution in [0.5, 0.6) is 0 Å². The number of aliphatic hydroxyl groups is 1. The Morgan fingerprint density at radius 2 is 2.04 bits per heavy atom. The Balaban J connectivity index is 1.72. The molecule has 1 aliphatic rings. The third-order valence-corrected chi connectivity index (χ3v) is 3.86. The van der Waals surface area contributed by atoms with Crippen molar-refractivity contribution in [3.05, 3.63) is 30.2 Å². The highest BCUT2D eigenvalue weighted by atomic mass is 16.3. The normalized spacial score (nSPS) is 17.9. The van der Waals surface area contributed by atoms with Crippen molar-refractivity contribution in [3.8, 4) is 0 Å². The van der Waals surface area contributed by atoms with Gasteiger partial charge >= 0.3 is 0 Å². The molecule has 1 aliphatic heterocycles. The first-order chi connectivity index (χ1) is 12.1. The maximum Gasteiger partial charge on any atom is 0.257 e. The lowest BCUT2D eigenvalue weighted by Crippen LogP contribution is -2.37. The Labute approximate surface area is 144 Å². The molecule has 1 unspecified atom stereocenters. The minimum atomic E-state index is -0.728. The Bertz CT molecular complexity index is 739. The quantitative estimate of drug-likeness (QED) is 0.655. The van der Waals surface area contributed by atoms with Crippen LogP contribution in [-0.2, 0) is 0 Å². The number of rotatable bonds is 3. The number of amides is 1. The lowest BCUT2D eigenvalue weighted by atomic mass is 10.2. The summed E-state index contributed by atoms with van der Waals surface area (Å²) in [5.74, 6) is 1.02. The van der Waals surface area contributed by atoms with Crippen molar-refractivity contribution in [1.29, 1.82) is 0 Å². The van der Waals surface area contributed by atoms with Crippen LogP contribution in [0, 0.1) is 0 Å². The van der Waals surface area contributed by atoms with Gasteiger partial charge < -0.3 is 26.0 Å². The predicted octanol–water partition coefficient (Wildman–Crippen LogP) is -0.786. The molecule has 3 rings (SSSR count). The average Bonchev–Trinajstić information content (AvgIpc) is 2.83. The van der Waals surface area contributed by atoms with Gasteiger partial charge in [0.1, 0.15) is 5.82 Å². The Morgan fingerprint density at radius 1 is 1.28 bits per heavy atom. The molecule has 0 bridgehead atoms. The third-order valence-electron chi connectivity index (χ3n) is 3.86. The number of hydrogen-bond donors (Lipinski definition) is 3. The zero-order valence-corrected chi connectivity index (χ0v) is 13.8. The molecule has 0 aliphatic carbocycles. The van der Waals surface area contributed by atoms with Crippen molar-refractivity contribution in [3.63, 3.8) is 0 Å². The van der Waals surface area contributed by atoms with E-state index in [1.54, 1.807) is 24.2 Å². The van der Waals surface area contributed by atoms with Crippen molar-refractivity contribution >= 4 is 23.6 Å². The summed E-state index contributed by atoms with van der Waals surface area (Å²) < 4.78 is 0. The van der Waals surface area contributed by atoms with Gasteiger partial charge in [-0.1, -0.05) is 0 Å². The maximum absolute atomic E-state index is 12.6. The molecular weight excluding hydrogens is 324 g/mol. The molecule has 25 heavy (non-hydrogen) atoms. The van der Waals surface area contributed by atoms with Crippen LogP contribution in [0.1, 0.15) is 10.4 Å². The molecule has 1 atom stereocenters. The smallest absolute Gasteiger partial charge is 0.257 e. The topological polar surface area (TPSA) is 133 Å². The van der Waals surface area contributed by atoms with Gasteiger partial charge in [0.25, 0.3) is 5.91 Å². The molecule has 2 aromatic rings. The minimum absolute atomic E-state index is 0.214. The van der Waals surface area contributed by atoms with Crippen LogP contribution in [0.4, 0.5) is 17.7 Å². The number of carbonyl (C=O) groups is 1. The number of nitrogens with two attached hydrogens (primary N) is 1. The lowest BCUT2D eigenvalue weighted by Gasteiger charge is -2.21. The summed E-state index contributed by atoms with van der Waals surface area (Å²) in [7, 11) is 1.70. The van der Waals surface area contributed by atoms with Crippen molar-refractivity contribution < 1.29 is 9.90 Å². The Morgan fingerprint density at radius 3 is 2.72 bits per heavy atom. The molecule has 0 aromatic carbocycles. The SMILES string of the molecule is CNc1ncc(C(=O)N2CCN(c3nccc(N)n3)CC(O)C2)cn1. The van der Waals surface area contributed by atoms with Gasteiger partial charge in [-0.15, -0.1) is 0 Å². The van der Waals surface area contributed by atoms with E-state index in [9.17, 15) is 9.90 Å². The summed E-state index contributed by atoms with van der Waals surface area (Å²) in [6.07, 6.45) is 3.78. The summed E-state index contributed by atoms with van der Waals surface area (Å²) >= 11 is 0. The van der Waals surface area contributed by atoms with Gasteiger partial charge in [-0.05, 0) is 6.07 Å². The van der Waals surface area contributed by atoms with Gasteiger partial charge in [0.05, 0.1) is 11.7 Å². The minimum Gasteiger partial charge on any atom is -0.389 e. The number of anilines is 3. The summed E-state index contributed by atoms with van der Waals surface area (Å²) in [4.78, 5) is 32.5. The van der Waals surface area contributed by atoms with E-state index in [2.05, 4.69) is 25.3 Å². The van der Waals surface area contributed by atoms with Crippen molar-refractivity contribution in [2.75, 3.05) is 49.2 Å². The van der Waals surface area contributed by atoms with Gasteiger partial charge in [-0.3, -0.25) is 4.79 Å². The van der Waals surface area contributed by atoms with Crippen LogP contribution in [-0.4, -0.2) is 75.2 Å². The average molecular weight is 344 g/mol. The molecule has 132 valence electrons. The second kappa shape index (κ2) is 7.26. The molecule has 2 aromatic heterocycles. The Kier molecular flexibility index (Phi) is 4.89. The zero-order chi connectivity index (χ0) is 17.8. The number of aromatic nitrogens is 4. The first kappa shape index (κ1) is 16.8. The third kappa shape index (κ3) is 3.91. The predicted molar refractivity (Wildman–Crippen MR) is 92.1 cm³/mol. The molecule has 1 amide bonds. The highest BCUT2D eigenvalue weighted by Crippen LogP contribution is 2.14. The van der Waals surface area contributed by atoms with E-state index in [0.717, 1.165) is 0 Å². The monoisotopic (exact) mass is 344 g/mol. The highest BCUT2D eigenvalue weighted by Gasteiger charge is 2.26. The fourth-order valence-corrected chi connectivity index (χ4v) is 2.62. The van der Waals surface area contributed by atoms with Crippen LogP contribution in [0.25, 0.3) is 0 Å². The molecule has 0 saturated carbocycles. The van der Waals surface area contributed by atoms with E-state index in [1.165, 1.54) is 12.4 Å². The van der Waals surface area contributed by atoms with Crippen LogP contribution in [0.3, 0.4) is 0 Å². The van der Waals surface area contributed by atoms with Crippen molar-refractivity contribution in [2.24, 2.45) is 0 Å². The van der Waals surface area contributed by atoms with Gasteiger partial charge in [0.15, 0.2) is 0 Å². The van der Waals surface area contributed by atoms with E-state index in [0.29, 0.717) is 42.9 Å². The zero-order valence-electron chi connectivity index (χ0n) is 13.8. The van der Waals surface area contributed by atoms with Crippen LogP contribution >= 0.6 is 0 Å². The van der Waals surface area contributed by atoms with Crippen molar-refractivity contribution in [2.45, 2.75) is 6.10 Å². The number of nitrogens with zero attached hydrogens (tertiary/aromatic N) is 6. The number of hydrogen-bond acceptors (Lipinski definition) is 9. The molecule has 3 heterocycles. The first-order valence-electron chi connectivity index (χ1n) is 7.87. The molecule has 10 heteroatoms. The number of aliphatic hydroxyl groups excluding tert-OH is 1. The number of carbonyl (C=O) groups excluding carboxylic acids is 1. The summed E-state index contributed by atoms with van der Waals surface area (Å²) in [5.41, 5.74) is 6.07. The summed E-state index contributed by atoms with van der Waals surface area (Å²) in [5, 5.41) is 13.1. The summed E-state index contributed by atoms with van der Waals surface area (Å²) in [6, 6.07) is 1.60. The van der Waals surface area contributed by atoms with E-state index in [-0.39, 0.29) is 12.5 Å². The molecule has 4 N–H and O–H groups in total. The molecule has 0 radical (unpaired) electrons. The largest absolute Gasteiger partial charge is 0.389 e. The molecule has 1 fully saturated rings. The maximum atomic E-state index is 12.6. The standard InChI is InChI=1S/C15H20N8O2/c1-17-14-19-6-10(7-20-14)13(25)22-4-5-23(9-11(24)8-22)15-18-3-2-12(16)21-15/h2-3,6-7,11,24H,4-5,8-9H2,1H3,(H2,16,18,21)(H,17,19,20). The second-order valence-corrected chi connectivity index (χ2v) is 5.68. The Hall–Kier alpha value is -3.01. The molecule has 1 saturated heterocycles. The summed E-state index contributed by atoms with van der Waals surface area (Å²) in [6.45, 7) is 1.44.